The standard InChI is InChI=1S/C15H22N4O2S.HI/c1-11(2)9-17-15(16)18-10-12-3-7-14(8-4-12)22(20,21)19-13-5-6-13;/h3-4,7-8,13,19H,1,5-6,9-10H2,2H3,(H3,16,17,18);1H. The average Bonchev–Trinajstić information content (AvgIpc) is 3.26. The van der Waals surface area contributed by atoms with Crippen LogP contribution in [0.15, 0.2) is 46.3 Å². The summed E-state index contributed by atoms with van der Waals surface area (Å²) in [7, 11) is -3.40. The average molecular weight is 450 g/mol. The molecule has 8 heteroatoms. The molecule has 6 nitrogen and oxygen atoms in total. The maximum absolute atomic E-state index is 12.0. The zero-order valence-electron chi connectivity index (χ0n) is 13.1. The van der Waals surface area contributed by atoms with Gasteiger partial charge < -0.3 is 11.1 Å². The number of benzene rings is 1. The Kier molecular flexibility index (Phi) is 7.49. The highest BCUT2D eigenvalue weighted by atomic mass is 127. The van der Waals surface area contributed by atoms with Gasteiger partial charge in [-0.05, 0) is 37.5 Å². The summed E-state index contributed by atoms with van der Waals surface area (Å²) in [5.41, 5.74) is 7.58. The van der Waals surface area contributed by atoms with Gasteiger partial charge in [-0.15, -0.1) is 24.0 Å². The van der Waals surface area contributed by atoms with E-state index in [-0.39, 0.29) is 34.9 Å². The zero-order valence-corrected chi connectivity index (χ0v) is 16.2. The van der Waals surface area contributed by atoms with Gasteiger partial charge in [0.1, 0.15) is 0 Å². The zero-order chi connectivity index (χ0) is 16.2. The van der Waals surface area contributed by atoms with Crippen LogP contribution in [0.25, 0.3) is 0 Å². The molecule has 4 N–H and O–H groups in total. The van der Waals surface area contributed by atoms with Crippen LogP contribution in [0.5, 0.6) is 0 Å². The SMILES string of the molecule is C=C(C)CNC(N)=NCc1ccc(S(=O)(=O)NC2CC2)cc1.I. The molecule has 0 atom stereocenters. The Hall–Kier alpha value is -1.13. The van der Waals surface area contributed by atoms with Crippen LogP contribution in [0.4, 0.5) is 0 Å². The van der Waals surface area contributed by atoms with E-state index < -0.39 is 10.0 Å². The topological polar surface area (TPSA) is 96.6 Å². The van der Waals surface area contributed by atoms with E-state index in [0.29, 0.717) is 19.0 Å². The number of nitrogens with zero attached hydrogens (tertiary/aromatic N) is 1. The molecule has 0 heterocycles. The summed E-state index contributed by atoms with van der Waals surface area (Å²) < 4.78 is 26.7. The minimum atomic E-state index is -3.40. The van der Waals surface area contributed by atoms with E-state index >= 15 is 0 Å². The highest BCUT2D eigenvalue weighted by Gasteiger charge is 2.27. The van der Waals surface area contributed by atoms with Crippen molar-refractivity contribution >= 4 is 40.0 Å². The first-order chi connectivity index (χ1) is 10.4. The normalized spacial score (nSPS) is 14.9. The van der Waals surface area contributed by atoms with E-state index in [0.717, 1.165) is 24.0 Å². The Balaban J connectivity index is 0.00000264. The van der Waals surface area contributed by atoms with Crippen LogP contribution in [0, 0.1) is 0 Å². The van der Waals surface area contributed by atoms with E-state index in [1.54, 1.807) is 24.3 Å². The van der Waals surface area contributed by atoms with Crippen molar-refractivity contribution in [2.24, 2.45) is 10.7 Å². The third-order valence-electron chi connectivity index (χ3n) is 3.14. The predicted octanol–water partition coefficient (Wildman–Crippen LogP) is 1.73. The Morgan fingerprint density at radius 1 is 1.35 bits per heavy atom. The van der Waals surface area contributed by atoms with Gasteiger partial charge in [0.05, 0.1) is 11.4 Å². The molecule has 0 radical (unpaired) electrons. The Bertz CT molecular complexity index is 667. The molecule has 1 saturated carbocycles. The summed E-state index contributed by atoms with van der Waals surface area (Å²) in [6.07, 6.45) is 1.84. The van der Waals surface area contributed by atoms with E-state index in [9.17, 15) is 8.42 Å². The molecule has 0 amide bonds. The molecule has 1 fully saturated rings. The minimum absolute atomic E-state index is 0. The van der Waals surface area contributed by atoms with E-state index in [2.05, 4.69) is 21.6 Å². The van der Waals surface area contributed by atoms with E-state index in [4.69, 9.17) is 5.73 Å². The molecule has 0 spiro atoms. The van der Waals surface area contributed by atoms with Crippen LogP contribution in [-0.4, -0.2) is 27.0 Å². The van der Waals surface area contributed by atoms with Gasteiger partial charge in [0, 0.05) is 12.6 Å². The van der Waals surface area contributed by atoms with E-state index in [1.165, 1.54) is 0 Å². The highest BCUT2D eigenvalue weighted by Crippen LogP contribution is 2.22. The summed E-state index contributed by atoms with van der Waals surface area (Å²) in [5.74, 6) is 0.343. The van der Waals surface area contributed by atoms with E-state index in [1.807, 2.05) is 6.92 Å². The maximum atomic E-state index is 12.0. The number of sulfonamides is 1. The fraction of sp³-hybridized carbons (Fsp3) is 0.400. The molecule has 2 rings (SSSR count). The molecule has 128 valence electrons. The number of nitrogens with one attached hydrogen (secondary N) is 2. The van der Waals surface area contributed by atoms with Crippen LogP contribution < -0.4 is 15.8 Å². The predicted molar refractivity (Wildman–Crippen MR) is 103 cm³/mol. The highest BCUT2D eigenvalue weighted by molar-refractivity contribution is 14.0. The van der Waals surface area contributed by atoms with Crippen LogP contribution in [-0.2, 0) is 16.6 Å². The Morgan fingerprint density at radius 3 is 2.48 bits per heavy atom. The first-order valence-electron chi connectivity index (χ1n) is 7.16. The van der Waals surface area contributed by atoms with Gasteiger partial charge in [0.25, 0.3) is 0 Å². The van der Waals surface area contributed by atoms with Crippen molar-refractivity contribution in [2.75, 3.05) is 6.54 Å². The first kappa shape index (κ1) is 19.9. The smallest absolute Gasteiger partial charge is 0.240 e. The number of hydrogen-bond donors (Lipinski definition) is 3. The Morgan fingerprint density at radius 2 is 1.96 bits per heavy atom. The molecule has 0 bridgehead atoms. The lowest BCUT2D eigenvalue weighted by Crippen LogP contribution is -2.32. The molecule has 0 unspecified atom stereocenters. The molecule has 0 aliphatic heterocycles. The lowest BCUT2D eigenvalue weighted by atomic mass is 10.2. The van der Waals surface area contributed by atoms with Crippen molar-refractivity contribution in [1.82, 2.24) is 10.0 Å². The van der Waals surface area contributed by atoms with Crippen molar-refractivity contribution in [3.05, 3.63) is 42.0 Å². The van der Waals surface area contributed by atoms with Gasteiger partial charge in [0.15, 0.2) is 5.96 Å². The molecule has 1 aromatic rings. The fourth-order valence-electron chi connectivity index (χ4n) is 1.74. The van der Waals surface area contributed by atoms with Gasteiger partial charge >= 0.3 is 0 Å². The molecule has 0 aromatic heterocycles. The second kappa shape index (κ2) is 8.65. The third-order valence-corrected chi connectivity index (χ3v) is 4.67. The first-order valence-corrected chi connectivity index (χ1v) is 8.64. The summed E-state index contributed by atoms with van der Waals surface area (Å²) >= 11 is 0. The van der Waals surface area contributed by atoms with Crippen molar-refractivity contribution in [2.45, 2.75) is 37.2 Å². The van der Waals surface area contributed by atoms with Crippen molar-refractivity contribution in [3.8, 4) is 0 Å². The van der Waals surface area contributed by atoms with Crippen LogP contribution in [0.2, 0.25) is 0 Å². The van der Waals surface area contributed by atoms with Gasteiger partial charge in [-0.25, -0.2) is 18.1 Å². The lowest BCUT2D eigenvalue weighted by molar-refractivity contribution is 0.581. The maximum Gasteiger partial charge on any atom is 0.240 e. The van der Waals surface area contributed by atoms with Crippen LogP contribution in [0.1, 0.15) is 25.3 Å². The molecule has 1 aliphatic carbocycles. The number of halogens is 1. The number of guanidine groups is 1. The van der Waals surface area contributed by atoms with Crippen LogP contribution >= 0.6 is 24.0 Å². The van der Waals surface area contributed by atoms with Gasteiger partial charge in [-0.2, -0.15) is 0 Å². The van der Waals surface area contributed by atoms with Crippen LogP contribution in [0.3, 0.4) is 0 Å². The molecular formula is C15H23IN4O2S. The summed E-state index contributed by atoms with van der Waals surface area (Å²) in [4.78, 5) is 4.47. The van der Waals surface area contributed by atoms with Crippen molar-refractivity contribution in [1.29, 1.82) is 0 Å². The second-order valence-electron chi connectivity index (χ2n) is 5.55. The summed E-state index contributed by atoms with van der Waals surface area (Å²) in [5, 5.41) is 2.94. The summed E-state index contributed by atoms with van der Waals surface area (Å²) in [6.45, 7) is 6.64. The third kappa shape index (κ3) is 6.88. The molecule has 1 aliphatic rings. The molecule has 0 saturated heterocycles. The van der Waals surface area contributed by atoms with Gasteiger partial charge in [-0.1, -0.05) is 24.3 Å². The number of rotatable bonds is 7. The number of aliphatic imine (C=N–C) groups is 1. The number of hydrogen-bond acceptors (Lipinski definition) is 3. The monoisotopic (exact) mass is 450 g/mol. The van der Waals surface area contributed by atoms with Gasteiger partial charge in [0.2, 0.25) is 10.0 Å². The minimum Gasteiger partial charge on any atom is -0.370 e. The fourth-order valence-corrected chi connectivity index (χ4v) is 3.04. The molecular weight excluding hydrogens is 427 g/mol. The summed E-state index contributed by atoms with van der Waals surface area (Å²) in [6, 6.07) is 6.78. The number of nitrogens with two attached hydrogens (primary N) is 1. The Labute approximate surface area is 154 Å². The van der Waals surface area contributed by atoms with Crippen molar-refractivity contribution < 1.29 is 8.42 Å². The van der Waals surface area contributed by atoms with Gasteiger partial charge in [-0.3, -0.25) is 0 Å². The quantitative estimate of drug-likeness (QED) is 0.255. The molecule has 1 aromatic carbocycles. The van der Waals surface area contributed by atoms with Crippen molar-refractivity contribution in [3.63, 3.8) is 0 Å². The largest absolute Gasteiger partial charge is 0.370 e. The molecule has 23 heavy (non-hydrogen) atoms. The lowest BCUT2D eigenvalue weighted by Gasteiger charge is -2.07. The second-order valence-corrected chi connectivity index (χ2v) is 7.27.